The lowest BCUT2D eigenvalue weighted by Gasteiger charge is -2.12. The van der Waals surface area contributed by atoms with Gasteiger partial charge in [-0.2, -0.15) is 0 Å². The third kappa shape index (κ3) is 2.57. The molecule has 1 aromatic carbocycles. The number of fused-ring (bicyclic) bond motifs is 1. The molecule has 0 bridgehead atoms. The summed E-state index contributed by atoms with van der Waals surface area (Å²) in [5.41, 5.74) is 1.52. The molecule has 0 aliphatic carbocycles. The molecule has 0 amide bonds. The minimum Gasteiger partial charge on any atom is -0.316 e. The number of pyridine rings is 1. The van der Waals surface area contributed by atoms with Gasteiger partial charge in [0, 0.05) is 29.6 Å². The normalized spacial score (nSPS) is 12.6. The van der Waals surface area contributed by atoms with Crippen molar-refractivity contribution < 1.29 is 4.79 Å². The van der Waals surface area contributed by atoms with Crippen LogP contribution < -0.4 is 5.32 Å². The topological polar surface area (TPSA) is 42.0 Å². The van der Waals surface area contributed by atoms with Crippen LogP contribution in [0.4, 0.5) is 0 Å². The van der Waals surface area contributed by atoms with Crippen LogP contribution in [0.1, 0.15) is 24.2 Å². The molecular weight excluding hydrogens is 224 g/mol. The van der Waals surface area contributed by atoms with E-state index in [-0.39, 0.29) is 11.7 Å². The Morgan fingerprint density at radius 1 is 1.33 bits per heavy atom. The van der Waals surface area contributed by atoms with Crippen LogP contribution in [-0.2, 0) is 0 Å². The Morgan fingerprint density at radius 2 is 2.11 bits per heavy atom. The maximum Gasteiger partial charge on any atom is 0.169 e. The predicted octanol–water partition coefficient (Wildman–Crippen LogP) is 2.66. The first-order valence-corrected chi connectivity index (χ1v) is 6.32. The number of hydrogen-bond acceptors (Lipinski definition) is 3. The van der Waals surface area contributed by atoms with Crippen LogP contribution in [0.2, 0.25) is 0 Å². The lowest BCUT2D eigenvalue weighted by atomic mass is 9.97. The third-order valence-electron chi connectivity index (χ3n) is 3.05. The molecule has 0 saturated carbocycles. The van der Waals surface area contributed by atoms with Gasteiger partial charge < -0.3 is 5.32 Å². The van der Waals surface area contributed by atoms with E-state index in [0.717, 1.165) is 23.0 Å². The summed E-state index contributed by atoms with van der Waals surface area (Å²) >= 11 is 0. The first-order chi connectivity index (χ1) is 8.74. The molecule has 1 aromatic heterocycles. The number of carbonyl (C=O) groups excluding carboxylic acids is 1. The fourth-order valence-corrected chi connectivity index (χ4v) is 2.02. The van der Waals surface area contributed by atoms with E-state index in [9.17, 15) is 4.79 Å². The van der Waals surface area contributed by atoms with E-state index < -0.39 is 0 Å². The molecule has 1 heterocycles. The van der Waals surface area contributed by atoms with E-state index in [1.54, 1.807) is 6.20 Å². The van der Waals surface area contributed by atoms with Gasteiger partial charge in [-0.05, 0) is 18.7 Å². The summed E-state index contributed by atoms with van der Waals surface area (Å²) in [6.07, 6.45) is 1.73. The minimum atomic E-state index is -0.0300. The average molecular weight is 242 g/mol. The van der Waals surface area contributed by atoms with Crippen molar-refractivity contribution in [3.63, 3.8) is 0 Å². The van der Waals surface area contributed by atoms with Gasteiger partial charge >= 0.3 is 0 Å². The van der Waals surface area contributed by atoms with Crippen LogP contribution in [0.15, 0.2) is 36.5 Å². The van der Waals surface area contributed by atoms with Gasteiger partial charge in [0.15, 0.2) is 5.78 Å². The molecule has 94 valence electrons. The molecule has 0 spiro atoms. The van der Waals surface area contributed by atoms with Gasteiger partial charge in [-0.1, -0.05) is 32.0 Å². The van der Waals surface area contributed by atoms with Crippen molar-refractivity contribution in [2.24, 2.45) is 5.92 Å². The van der Waals surface area contributed by atoms with Crippen molar-refractivity contribution in [1.82, 2.24) is 10.3 Å². The molecular formula is C15H18N2O. The van der Waals surface area contributed by atoms with Crippen molar-refractivity contribution in [2.75, 3.05) is 13.1 Å². The summed E-state index contributed by atoms with van der Waals surface area (Å²) in [4.78, 5) is 16.7. The number of para-hydroxylation sites is 1. The second-order valence-electron chi connectivity index (χ2n) is 4.45. The van der Waals surface area contributed by atoms with Gasteiger partial charge in [-0.3, -0.25) is 9.78 Å². The molecule has 0 aliphatic rings. The zero-order valence-corrected chi connectivity index (χ0v) is 10.8. The van der Waals surface area contributed by atoms with Crippen LogP contribution in [0.3, 0.4) is 0 Å². The number of rotatable bonds is 5. The number of benzene rings is 1. The molecule has 1 unspecified atom stereocenters. The summed E-state index contributed by atoms with van der Waals surface area (Å²) in [6, 6.07) is 9.62. The molecule has 0 saturated heterocycles. The number of Topliss-reactive ketones (excluding diaryl/α,β-unsaturated/α-hetero) is 1. The second-order valence-corrected chi connectivity index (χ2v) is 4.45. The summed E-state index contributed by atoms with van der Waals surface area (Å²) in [5.74, 6) is 0.123. The van der Waals surface area contributed by atoms with Crippen molar-refractivity contribution in [2.45, 2.75) is 13.8 Å². The standard InChI is InChI=1S/C15H18N2O/c1-3-16-10-11(2)15(18)13-8-4-6-12-7-5-9-17-14(12)13/h4-9,11,16H,3,10H2,1-2H3. The van der Waals surface area contributed by atoms with E-state index in [1.165, 1.54) is 0 Å². The Balaban J connectivity index is 2.33. The Bertz CT molecular complexity index is 546. The molecule has 18 heavy (non-hydrogen) atoms. The van der Waals surface area contributed by atoms with Crippen molar-refractivity contribution >= 4 is 16.7 Å². The Hall–Kier alpha value is -1.74. The molecule has 2 rings (SSSR count). The molecule has 3 nitrogen and oxygen atoms in total. The highest BCUT2D eigenvalue weighted by molar-refractivity contribution is 6.07. The SMILES string of the molecule is CCNCC(C)C(=O)c1cccc2cccnc12. The third-order valence-corrected chi connectivity index (χ3v) is 3.05. The fraction of sp³-hybridized carbons (Fsp3) is 0.333. The second kappa shape index (κ2) is 5.74. The molecule has 1 atom stereocenters. The molecule has 0 aliphatic heterocycles. The highest BCUT2D eigenvalue weighted by Gasteiger charge is 2.17. The Labute approximate surface area is 107 Å². The Morgan fingerprint density at radius 3 is 2.89 bits per heavy atom. The summed E-state index contributed by atoms with van der Waals surface area (Å²) < 4.78 is 0. The zero-order valence-electron chi connectivity index (χ0n) is 10.8. The van der Waals surface area contributed by atoms with E-state index in [0.29, 0.717) is 6.54 Å². The van der Waals surface area contributed by atoms with Crippen molar-refractivity contribution in [3.05, 3.63) is 42.1 Å². The molecule has 1 N–H and O–H groups in total. The maximum absolute atomic E-state index is 12.4. The Kier molecular flexibility index (Phi) is 4.05. The molecule has 2 aromatic rings. The van der Waals surface area contributed by atoms with Gasteiger partial charge in [-0.15, -0.1) is 0 Å². The summed E-state index contributed by atoms with van der Waals surface area (Å²) in [7, 11) is 0. The predicted molar refractivity (Wildman–Crippen MR) is 73.8 cm³/mol. The first-order valence-electron chi connectivity index (χ1n) is 6.32. The van der Waals surface area contributed by atoms with Crippen LogP contribution in [0, 0.1) is 5.92 Å². The highest BCUT2D eigenvalue weighted by Crippen LogP contribution is 2.18. The number of carbonyl (C=O) groups is 1. The number of nitrogens with one attached hydrogen (secondary N) is 1. The first kappa shape index (κ1) is 12.7. The molecule has 0 radical (unpaired) electrons. The highest BCUT2D eigenvalue weighted by atomic mass is 16.1. The van der Waals surface area contributed by atoms with Crippen LogP contribution in [0.5, 0.6) is 0 Å². The lowest BCUT2D eigenvalue weighted by molar-refractivity contribution is 0.0931. The maximum atomic E-state index is 12.4. The lowest BCUT2D eigenvalue weighted by Crippen LogP contribution is -2.26. The number of ketones is 1. The zero-order chi connectivity index (χ0) is 13.0. The van der Waals surface area contributed by atoms with Crippen molar-refractivity contribution in [1.29, 1.82) is 0 Å². The van der Waals surface area contributed by atoms with Gasteiger partial charge in [0.05, 0.1) is 5.52 Å². The van der Waals surface area contributed by atoms with Crippen LogP contribution in [-0.4, -0.2) is 23.9 Å². The number of hydrogen-bond donors (Lipinski definition) is 1. The number of aromatic nitrogens is 1. The minimum absolute atomic E-state index is 0.0300. The number of nitrogens with zero attached hydrogens (tertiary/aromatic N) is 1. The average Bonchev–Trinajstić information content (AvgIpc) is 2.43. The quantitative estimate of drug-likeness (QED) is 0.820. The van der Waals surface area contributed by atoms with Gasteiger partial charge in [-0.25, -0.2) is 0 Å². The van der Waals surface area contributed by atoms with Gasteiger partial charge in [0.1, 0.15) is 0 Å². The van der Waals surface area contributed by atoms with Crippen molar-refractivity contribution in [3.8, 4) is 0 Å². The smallest absolute Gasteiger partial charge is 0.169 e. The van der Waals surface area contributed by atoms with Gasteiger partial charge in [0.2, 0.25) is 0 Å². The monoisotopic (exact) mass is 242 g/mol. The van der Waals surface area contributed by atoms with E-state index in [2.05, 4.69) is 10.3 Å². The largest absolute Gasteiger partial charge is 0.316 e. The van der Waals surface area contributed by atoms with E-state index in [1.807, 2.05) is 44.2 Å². The molecule has 3 heteroatoms. The van der Waals surface area contributed by atoms with Gasteiger partial charge in [0.25, 0.3) is 0 Å². The molecule has 0 fully saturated rings. The fourth-order valence-electron chi connectivity index (χ4n) is 2.02. The van der Waals surface area contributed by atoms with E-state index >= 15 is 0 Å². The summed E-state index contributed by atoms with van der Waals surface area (Å²) in [5, 5.41) is 4.22. The van der Waals surface area contributed by atoms with Crippen LogP contribution in [0.25, 0.3) is 10.9 Å². The van der Waals surface area contributed by atoms with E-state index in [4.69, 9.17) is 0 Å². The summed E-state index contributed by atoms with van der Waals surface area (Å²) in [6.45, 7) is 5.58. The van der Waals surface area contributed by atoms with Crippen LogP contribution >= 0.6 is 0 Å².